The number of carbonyl (C=O) groups is 1. The van der Waals surface area contributed by atoms with Crippen molar-refractivity contribution >= 4 is 21.7 Å². The van der Waals surface area contributed by atoms with Crippen molar-refractivity contribution in [2.24, 2.45) is 10.4 Å². The van der Waals surface area contributed by atoms with Crippen LogP contribution in [0.4, 0.5) is 0 Å². The van der Waals surface area contributed by atoms with Gasteiger partial charge < -0.3 is 20.7 Å². The van der Waals surface area contributed by atoms with Crippen LogP contribution in [0.1, 0.15) is 40.5 Å². The zero-order valence-corrected chi connectivity index (χ0v) is 17.4. The molecule has 0 saturated carbocycles. The van der Waals surface area contributed by atoms with Gasteiger partial charge in [0.25, 0.3) is 0 Å². The Kier molecular flexibility index (Phi) is 8.82. The van der Waals surface area contributed by atoms with E-state index in [1.54, 1.807) is 7.11 Å². The van der Waals surface area contributed by atoms with Crippen molar-refractivity contribution in [1.29, 1.82) is 0 Å². The van der Waals surface area contributed by atoms with Gasteiger partial charge in [-0.2, -0.15) is 0 Å². The Morgan fingerprint density at radius 1 is 1.31 bits per heavy atom. The Hall–Kier alpha value is -1.35. The van der Waals surface area contributed by atoms with Gasteiger partial charge in [0.05, 0.1) is 24.2 Å². The van der Waals surface area contributed by atoms with Gasteiger partial charge in [-0.3, -0.25) is 9.79 Å². The Labute approximate surface area is 157 Å². The fourth-order valence-electron chi connectivity index (χ4n) is 2.72. The number of amides is 1. The summed E-state index contributed by atoms with van der Waals surface area (Å²) in [5.41, 5.74) is -0.0168. The van der Waals surface area contributed by atoms with Crippen LogP contribution in [-0.4, -0.2) is 70.7 Å². The fraction of sp³-hybridized carbons (Fsp3) is 0.882. The van der Waals surface area contributed by atoms with E-state index in [1.807, 2.05) is 6.92 Å². The minimum absolute atomic E-state index is 0.00873. The van der Waals surface area contributed by atoms with Gasteiger partial charge in [0.2, 0.25) is 5.91 Å². The third kappa shape index (κ3) is 8.35. The van der Waals surface area contributed by atoms with Crippen molar-refractivity contribution in [2.45, 2.75) is 52.7 Å². The lowest BCUT2D eigenvalue weighted by Gasteiger charge is -2.28. The molecular weight excluding hydrogens is 356 g/mol. The first-order chi connectivity index (χ1) is 12.1. The quantitative estimate of drug-likeness (QED) is 0.406. The van der Waals surface area contributed by atoms with Crippen LogP contribution in [0.25, 0.3) is 0 Å². The number of rotatable bonds is 8. The number of nitrogens with one attached hydrogen (secondary N) is 3. The number of methoxy groups -OCH3 is 1. The minimum atomic E-state index is -2.98. The Bertz CT molecular complexity index is 584. The van der Waals surface area contributed by atoms with E-state index in [9.17, 15) is 13.2 Å². The molecule has 0 spiro atoms. The number of carbonyl (C=O) groups excluding carboxylic acids is 1. The molecule has 1 fully saturated rings. The standard InChI is InChI=1S/C17H34N4O4S/c1-6-18-16(20-11-14(25-5)17(2,3)4)19-9-7-15(22)21-13-8-10-26(23,24)12-13/h13-14H,6-12H2,1-5H3,(H,21,22)(H2,18,19,20). The third-order valence-corrected chi connectivity index (χ3v) is 6.02. The highest BCUT2D eigenvalue weighted by molar-refractivity contribution is 7.91. The smallest absolute Gasteiger partial charge is 0.222 e. The molecule has 1 amide bonds. The van der Waals surface area contributed by atoms with Crippen molar-refractivity contribution in [3.63, 3.8) is 0 Å². The molecule has 9 heteroatoms. The van der Waals surface area contributed by atoms with E-state index in [-0.39, 0.29) is 41.4 Å². The van der Waals surface area contributed by atoms with E-state index in [2.05, 4.69) is 41.7 Å². The van der Waals surface area contributed by atoms with Crippen LogP contribution in [-0.2, 0) is 19.4 Å². The van der Waals surface area contributed by atoms with Gasteiger partial charge in [-0.25, -0.2) is 8.42 Å². The van der Waals surface area contributed by atoms with E-state index in [1.165, 1.54) is 0 Å². The van der Waals surface area contributed by atoms with Crippen LogP contribution in [0.15, 0.2) is 4.99 Å². The summed E-state index contributed by atoms with van der Waals surface area (Å²) >= 11 is 0. The summed E-state index contributed by atoms with van der Waals surface area (Å²) in [5, 5.41) is 9.05. The summed E-state index contributed by atoms with van der Waals surface area (Å²) in [6, 6.07) is -0.261. The summed E-state index contributed by atoms with van der Waals surface area (Å²) in [5.74, 6) is 0.679. The maximum atomic E-state index is 12.0. The molecule has 26 heavy (non-hydrogen) atoms. The average Bonchev–Trinajstić information content (AvgIpc) is 2.85. The number of hydrogen-bond donors (Lipinski definition) is 3. The van der Waals surface area contributed by atoms with Gasteiger partial charge >= 0.3 is 0 Å². The van der Waals surface area contributed by atoms with E-state index in [0.29, 0.717) is 32.0 Å². The molecule has 2 atom stereocenters. The second kappa shape index (κ2) is 10.1. The first-order valence-corrected chi connectivity index (χ1v) is 10.9. The lowest BCUT2D eigenvalue weighted by molar-refractivity contribution is -0.121. The molecule has 0 aromatic heterocycles. The van der Waals surface area contributed by atoms with Gasteiger partial charge in [-0.15, -0.1) is 0 Å². The van der Waals surface area contributed by atoms with E-state index < -0.39 is 9.84 Å². The number of guanidine groups is 1. The average molecular weight is 391 g/mol. The molecule has 2 unspecified atom stereocenters. The highest BCUT2D eigenvalue weighted by Gasteiger charge is 2.28. The first kappa shape index (κ1) is 22.7. The van der Waals surface area contributed by atoms with Gasteiger partial charge in [-0.05, 0) is 18.8 Å². The predicted molar refractivity (Wildman–Crippen MR) is 104 cm³/mol. The number of hydrogen-bond acceptors (Lipinski definition) is 5. The Morgan fingerprint density at radius 3 is 2.50 bits per heavy atom. The largest absolute Gasteiger partial charge is 0.379 e. The zero-order chi connectivity index (χ0) is 19.8. The van der Waals surface area contributed by atoms with E-state index in [0.717, 1.165) is 0 Å². The predicted octanol–water partition coefficient (Wildman–Crippen LogP) is 0.296. The van der Waals surface area contributed by atoms with Crippen LogP contribution < -0.4 is 16.0 Å². The number of aliphatic imine (C=N–C) groups is 1. The summed E-state index contributed by atoms with van der Waals surface area (Å²) in [4.78, 5) is 16.5. The molecule has 1 rings (SSSR count). The molecule has 1 aliphatic heterocycles. The third-order valence-electron chi connectivity index (χ3n) is 4.25. The van der Waals surface area contributed by atoms with Crippen LogP contribution in [0.3, 0.4) is 0 Å². The van der Waals surface area contributed by atoms with Gasteiger partial charge in [0, 0.05) is 32.7 Å². The van der Waals surface area contributed by atoms with Crippen LogP contribution in [0.5, 0.6) is 0 Å². The van der Waals surface area contributed by atoms with Crippen molar-refractivity contribution < 1.29 is 17.9 Å². The van der Waals surface area contributed by atoms with Crippen molar-refractivity contribution in [3.05, 3.63) is 0 Å². The molecule has 0 bridgehead atoms. The van der Waals surface area contributed by atoms with Crippen LogP contribution >= 0.6 is 0 Å². The number of sulfone groups is 1. The van der Waals surface area contributed by atoms with Crippen molar-refractivity contribution in [2.75, 3.05) is 38.2 Å². The summed E-state index contributed by atoms with van der Waals surface area (Å²) < 4.78 is 28.3. The maximum Gasteiger partial charge on any atom is 0.222 e. The summed E-state index contributed by atoms with van der Waals surface area (Å²) in [7, 11) is -1.30. The second-order valence-corrected chi connectivity index (χ2v) is 9.88. The molecule has 1 aliphatic rings. The molecule has 0 aromatic carbocycles. The highest BCUT2D eigenvalue weighted by Crippen LogP contribution is 2.21. The molecule has 1 heterocycles. The van der Waals surface area contributed by atoms with E-state index in [4.69, 9.17) is 4.74 Å². The van der Waals surface area contributed by atoms with Crippen molar-refractivity contribution in [3.8, 4) is 0 Å². The lowest BCUT2D eigenvalue weighted by atomic mass is 9.89. The van der Waals surface area contributed by atoms with E-state index >= 15 is 0 Å². The van der Waals surface area contributed by atoms with Gasteiger partial charge in [0.1, 0.15) is 0 Å². The highest BCUT2D eigenvalue weighted by atomic mass is 32.2. The molecule has 3 N–H and O–H groups in total. The molecular formula is C17H34N4O4S. The molecule has 8 nitrogen and oxygen atoms in total. The second-order valence-electron chi connectivity index (χ2n) is 7.65. The lowest BCUT2D eigenvalue weighted by Crippen LogP contribution is -2.42. The topological polar surface area (TPSA) is 109 Å². The number of ether oxygens (including phenoxy) is 1. The monoisotopic (exact) mass is 390 g/mol. The normalized spacial score (nSPS) is 21.3. The minimum Gasteiger partial charge on any atom is -0.379 e. The van der Waals surface area contributed by atoms with Crippen LogP contribution in [0.2, 0.25) is 0 Å². The van der Waals surface area contributed by atoms with Gasteiger partial charge in [-0.1, -0.05) is 20.8 Å². The Balaban J connectivity index is 2.43. The molecule has 0 aromatic rings. The SMILES string of the molecule is CCNC(=NCC(OC)C(C)(C)C)NCCC(=O)NC1CCS(=O)(=O)C1. The van der Waals surface area contributed by atoms with Crippen molar-refractivity contribution in [1.82, 2.24) is 16.0 Å². The number of nitrogens with zero attached hydrogens (tertiary/aromatic N) is 1. The molecule has 0 radical (unpaired) electrons. The zero-order valence-electron chi connectivity index (χ0n) is 16.6. The summed E-state index contributed by atoms with van der Waals surface area (Å²) in [6.07, 6.45) is 0.746. The van der Waals surface area contributed by atoms with Gasteiger partial charge in [0.15, 0.2) is 15.8 Å². The first-order valence-electron chi connectivity index (χ1n) is 9.12. The summed E-state index contributed by atoms with van der Waals surface area (Å²) in [6.45, 7) is 9.93. The maximum absolute atomic E-state index is 12.0. The van der Waals surface area contributed by atoms with Crippen LogP contribution in [0, 0.1) is 5.41 Å². The molecule has 1 saturated heterocycles. The Morgan fingerprint density at radius 2 is 2.00 bits per heavy atom. The fourth-order valence-corrected chi connectivity index (χ4v) is 4.39. The molecule has 152 valence electrons. The molecule has 0 aliphatic carbocycles.